The predicted octanol–water partition coefficient (Wildman–Crippen LogP) is 2.25. The van der Waals surface area contributed by atoms with Gasteiger partial charge in [-0.05, 0) is 18.6 Å². The lowest BCUT2D eigenvalue weighted by molar-refractivity contribution is -0.138. The van der Waals surface area contributed by atoms with Crippen LogP contribution in [0.1, 0.15) is 34.0 Å². The highest BCUT2D eigenvalue weighted by Crippen LogP contribution is 2.36. The SMILES string of the molecule is CCOC(=O)c1ccc(CO)c(C#N)c1C(F)(F)F. The van der Waals surface area contributed by atoms with Crippen molar-refractivity contribution in [3.05, 3.63) is 34.4 Å². The number of benzene rings is 1. The molecular weight excluding hydrogens is 263 g/mol. The van der Waals surface area contributed by atoms with Crippen molar-refractivity contribution < 1.29 is 27.8 Å². The molecule has 0 aromatic heterocycles. The van der Waals surface area contributed by atoms with Crippen LogP contribution in [0.4, 0.5) is 13.2 Å². The van der Waals surface area contributed by atoms with E-state index in [9.17, 15) is 18.0 Å². The molecule has 1 aromatic carbocycles. The van der Waals surface area contributed by atoms with E-state index in [4.69, 9.17) is 10.4 Å². The van der Waals surface area contributed by atoms with Crippen LogP contribution >= 0.6 is 0 Å². The number of esters is 1. The minimum Gasteiger partial charge on any atom is -0.462 e. The third kappa shape index (κ3) is 3.03. The number of hydrogen-bond donors (Lipinski definition) is 1. The molecule has 1 rings (SSSR count). The first-order valence-electron chi connectivity index (χ1n) is 5.28. The number of aliphatic hydroxyl groups excluding tert-OH is 1. The highest BCUT2D eigenvalue weighted by atomic mass is 19.4. The van der Waals surface area contributed by atoms with Gasteiger partial charge in [0.25, 0.3) is 0 Å². The second-order valence-corrected chi connectivity index (χ2v) is 3.51. The monoisotopic (exact) mass is 273 g/mol. The summed E-state index contributed by atoms with van der Waals surface area (Å²) in [6, 6.07) is 3.36. The molecular formula is C12H10F3NO3. The first-order chi connectivity index (χ1) is 8.86. The van der Waals surface area contributed by atoms with Gasteiger partial charge >= 0.3 is 12.1 Å². The van der Waals surface area contributed by atoms with Crippen LogP contribution in [-0.4, -0.2) is 17.7 Å². The maximum atomic E-state index is 13.0. The molecule has 0 amide bonds. The highest BCUT2D eigenvalue weighted by Gasteiger charge is 2.39. The summed E-state index contributed by atoms with van der Waals surface area (Å²) >= 11 is 0. The van der Waals surface area contributed by atoms with Crippen molar-refractivity contribution in [1.82, 2.24) is 0 Å². The summed E-state index contributed by atoms with van der Waals surface area (Å²) in [7, 11) is 0. The lowest BCUT2D eigenvalue weighted by Gasteiger charge is -2.15. The third-order valence-electron chi connectivity index (χ3n) is 2.35. The van der Waals surface area contributed by atoms with E-state index >= 15 is 0 Å². The smallest absolute Gasteiger partial charge is 0.418 e. The van der Waals surface area contributed by atoms with Gasteiger partial charge in [-0.1, -0.05) is 6.07 Å². The van der Waals surface area contributed by atoms with Gasteiger partial charge in [0.1, 0.15) is 6.07 Å². The van der Waals surface area contributed by atoms with Crippen LogP contribution in [0.15, 0.2) is 12.1 Å². The van der Waals surface area contributed by atoms with Crippen LogP contribution in [-0.2, 0) is 17.5 Å². The molecule has 0 unspecified atom stereocenters. The van der Waals surface area contributed by atoms with E-state index in [2.05, 4.69) is 4.74 Å². The van der Waals surface area contributed by atoms with Gasteiger partial charge in [0.15, 0.2) is 0 Å². The zero-order valence-corrected chi connectivity index (χ0v) is 9.91. The molecule has 0 atom stereocenters. The van der Waals surface area contributed by atoms with Crippen molar-refractivity contribution in [1.29, 1.82) is 5.26 Å². The fraction of sp³-hybridized carbons (Fsp3) is 0.333. The van der Waals surface area contributed by atoms with Crippen molar-refractivity contribution in [2.24, 2.45) is 0 Å². The Labute approximate surface area is 107 Å². The zero-order chi connectivity index (χ0) is 14.6. The van der Waals surface area contributed by atoms with Crippen LogP contribution in [0.3, 0.4) is 0 Å². The van der Waals surface area contributed by atoms with Gasteiger partial charge in [0.2, 0.25) is 0 Å². The fourth-order valence-electron chi connectivity index (χ4n) is 1.58. The van der Waals surface area contributed by atoms with Gasteiger partial charge in [-0.25, -0.2) is 4.79 Å². The van der Waals surface area contributed by atoms with Crippen LogP contribution in [0, 0.1) is 11.3 Å². The molecule has 0 aliphatic heterocycles. The first-order valence-corrected chi connectivity index (χ1v) is 5.28. The summed E-state index contributed by atoms with van der Waals surface area (Å²) in [6.07, 6.45) is -4.89. The fourth-order valence-corrected chi connectivity index (χ4v) is 1.58. The molecule has 1 N–H and O–H groups in total. The minimum atomic E-state index is -4.89. The van der Waals surface area contributed by atoms with Gasteiger partial charge in [0, 0.05) is 0 Å². The highest BCUT2D eigenvalue weighted by molar-refractivity contribution is 5.92. The molecule has 4 nitrogen and oxygen atoms in total. The number of hydrogen-bond acceptors (Lipinski definition) is 4. The van der Waals surface area contributed by atoms with Crippen LogP contribution in [0.25, 0.3) is 0 Å². The molecule has 0 aliphatic rings. The standard InChI is InChI=1S/C12H10F3NO3/c1-2-19-11(18)8-4-3-7(6-17)9(5-16)10(8)12(13,14)15/h3-4,17H,2,6H2,1H3. The quantitative estimate of drug-likeness (QED) is 0.857. The van der Waals surface area contributed by atoms with E-state index in [0.29, 0.717) is 0 Å². The Morgan fingerprint density at radius 2 is 2.11 bits per heavy atom. The molecule has 1 aromatic rings. The average Bonchev–Trinajstić information content (AvgIpc) is 2.35. The van der Waals surface area contributed by atoms with Gasteiger partial charge < -0.3 is 9.84 Å². The Balaban J connectivity index is 3.58. The predicted molar refractivity (Wildman–Crippen MR) is 58.0 cm³/mol. The Morgan fingerprint density at radius 3 is 2.53 bits per heavy atom. The average molecular weight is 273 g/mol. The van der Waals surface area contributed by atoms with E-state index in [1.54, 1.807) is 0 Å². The summed E-state index contributed by atoms with van der Waals surface area (Å²) in [5.41, 5.74) is -3.06. The topological polar surface area (TPSA) is 70.3 Å². The van der Waals surface area contributed by atoms with Crippen LogP contribution < -0.4 is 0 Å². The molecule has 0 saturated heterocycles. The molecule has 0 radical (unpaired) electrons. The van der Waals surface area contributed by atoms with Gasteiger partial charge in [-0.2, -0.15) is 18.4 Å². The summed E-state index contributed by atoms with van der Waals surface area (Å²) in [6.45, 7) is 0.646. The van der Waals surface area contributed by atoms with Crippen molar-refractivity contribution >= 4 is 5.97 Å². The largest absolute Gasteiger partial charge is 0.462 e. The van der Waals surface area contributed by atoms with Crippen molar-refractivity contribution in [3.63, 3.8) is 0 Å². The lowest BCUT2D eigenvalue weighted by Crippen LogP contribution is -2.18. The van der Waals surface area contributed by atoms with E-state index in [0.717, 1.165) is 12.1 Å². The second-order valence-electron chi connectivity index (χ2n) is 3.51. The maximum absolute atomic E-state index is 13.0. The molecule has 0 bridgehead atoms. The molecule has 0 saturated carbocycles. The molecule has 0 heterocycles. The zero-order valence-electron chi connectivity index (χ0n) is 9.91. The van der Waals surface area contributed by atoms with Gasteiger partial charge in [-0.3, -0.25) is 0 Å². The number of ether oxygens (including phenoxy) is 1. The van der Waals surface area contributed by atoms with Crippen molar-refractivity contribution in [3.8, 4) is 6.07 Å². The number of aliphatic hydroxyl groups is 1. The molecule has 0 spiro atoms. The summed E-state index contributed by atoms with van der Waals surface area (Å²) in [5, 5.41) is 17.8. The van der Waals surface area contributed by atoms with E-state index in [1.807, 2.05) is 0 Å². The van der Waals surface area contributed by atoms with Gasteiger partial charge in [-0.15, -0.1) is 0 Å². The number of nitrogens with zero attached hydrogens (tertiary/aromatic N) is 1. The summed E-state index contributed by atoms with van der Waals surface area (Å²) < 4.78 is 43.4. The Kier molecular flexibility index (Phi) is 4.51. The van der Waals surface area contributed by atoms with Crippen molar-refractivity contribution in [2.45, 2.75) is 19.7 Å². The lowest BCUT2D eigenvalue weighted by atomic mass is 9.96. The number of nitriles is 1. The van der Waals surface area contributed by atoms with Crippen molar-refractivity contribution in [2.75, 3.05) is 6.61 Å². The summed E-state index contributed by atoms with van der Waals surface area (Å²) in [5.74, 6) is -1.16. The molecule has 0 fully saturated rings. The van der Waals surface area contributed by atoms with E-state index < -0.39 is 35.4 Å². The van der Waals surface area contributed by atoms with Crippen LogP contribution in [0.2, 0.25) is 0 Å². The second kappa shape index (κ2) is 5.71. The Bertz CT molecular complexity index is 532. The molecule has 102 valence electrons. The normalized spacial score (nSPS) is 10.9. The molecule has 7 heteroatoms. The first kappa shape index (κ1) is 15.0. The van der Waals surface area contributed by atoms with E-state index in [-0.39, 0.29) is 12.2 Å². The third-order valence-corrected chi connectivity index (χ3v) is 2.35. The number of carbonyl (C=O) groups excluding carboxylic acids is 1. The number of alkyl halides is 3. The molecule has 0 aliphatic carbocycles. The summed E-state index contributed by atoms with van der Waals surface area (Å²) in [4.78, 5) is 11.5. The maximum Gasteiger partial charge on any atom is 0.418 e. The number of rotatable bonds is 3. The Morgan fingerprint density at radius 1 is 1.47 bits per heavy atom. The van der Waals surface area contributed by atoms with Crippen LogP contribution in [0.5, 0.6) is 0 Å². The number of halogens is 3. The molecule has 19 heavy (non-hydrogen) atoms. The van der Waals surface area contributed by atoms with E-state index in [1.165, 1.54) is 13.0 Å². The minimum absolute atomic E-state index is 0.0836. The number of carbonyl (C=O) groups is 1. The Hall–Kier alpha value is -2.07. The van der Waals surface area contributed by atoms with Gasteiger partial charge in [0.05, 0.1) is 29.9 Å².